The standard InChI is InChI=1S/C20H20O/c1-2-15-7-11-18(12-8-15)20(21)14-16-9-10-17-5-3-4-6-19(17)13-16/h3-13,20-21H,2,14H2,1H3. The second-order valence-electron chi connectivity index (χ2n) is 5.50. The van der Waals surface area contributed by atoms with Gasteiger partial charge in [0.15, 0.2) is 0 Å². The van der Waals surface area contributed by atoms with Crippen LogP contribution in [0.5, 0.6) is 0 Å². The van der Waals surface area contributed by atoms with E-state index in [1.54, 1.807) is 0 Å². The SMILES string of the molecule is CCc1ccc(C(O)Cc2ccc3ccccc3c2)cc1. The van der Waals surface area contributed by atoms with Crippen molar-refractivity contribution < 1.29 is 5.11 Å². The number of fused-ring (bicyclic) bond motifs is 1. The van der Waals surface area contributed by atoms with Crippen LogP contribution in [0.1, 0.15) is 29.7 Å². The Morgan fingerprint density at radius 3 is 2.19 bits per heavy atom. The molecule has 0 aliphatic heterocycles. The van der Waals surface area contributed by atoms with Crippen LogP contribution in [0.2, 0.25) is 0 Å². The van der Waals surface area contributed by atoms with Crippen molar-refractivity contribution in [2.45, 2.75) is 25.9 Å². The molecule has 0 aliphatic rings. The molecule has 0 saturated carbocycles. The Labute approximate surface area is 125 Å². The van der Waals surface area contributed by atoms with Gasteiger partial charge in [-0.15, -0.1) is 0 Å². The Morgan fingerprint density at radius 2 is 1.48 bits per heavy atom. The van der Waals surface area contributed by atoms with Gasteiger partial charge in [-0.25, -0.2) is 0 Å². The lowest BCUT2D eigenvalue weighted by atomic mass is 9.98. The molecular weight excluding hydrogens is 256 g/mol. The van der Waals surface area contributed by atoms with E-state index in [1.165, 1.54) is 21.9 Å². The predicted octanol–water partition coefficient (Wildman–Crippen LogP) is 4.68. The molecule has 3 aromatic carbocycles. The van der Waals surface area contributed by atoms with Gasteiger partial charge in [0.1, 0.15) is 0 Å². The third kappa shape index (κ3) is 3.14. The predicted molar refractivity (Wildman–Crippen MR) is 88.4 cm³/mol. The molecule has 3 aromatic rings. The largest absolute Gasteiger partial charge is 0.388 e. The van der Waals surface area contributed by atoms with Crippen LogP contribution >= 0.6 is 0 Å². The summed E-state index contributed by atoms with van der Waals surface area (Å²) >= 11 is 0. The van der Waals surface area contributed by atoms with Crippen molar-refractivity contribution in [1.29, 1.82) is 0 Å². The Morgan fingerprint density at radius 1 is 0.810 bits per heavy atom. The van der Waals surface area contributed by atoms with Gasteiger partial charge in [-0.3, -0.25) is 0 Å². The highest BCUT2D eigenvalue weighted by Crippen LogP contribution is 2.22. The second kappa shape index (κ2) is 6.11. The van der Waals surface area contributed by atoms with Gasteiger partial charge in [-0.1, -0.05) is 73.7 Å². The molecule has 1 nitrogen and oxygen atoms in total. The molecule has 1 heteroatoms. The lowest BCUT2D eigenvalue weighted by Gasteiger charge is -2.12. The number of aliphatic hydroxyl groups is 1. The van der Waals surface area contributed by atoms with Crippen molar-refractivity contribution in [1.82, 2.24) is 0 Å². The smallest absolute Gasteiger partial charge is 0.0830 e. The van der Waals surface area contributed by atoms with E-state index < -0.39 is 6.10 Å². The molecule has 0 aliphatic carbocycles. The average Bonchev–Trinajstić information content (AvgIpc) is 2.55. The Kier molecular flexibility index (Phi) is 4.03. The molecular formula is C20H20O. The van der Waals surface area contributed by atoms with Crippen molar-refractivity contribution in [3.8, 4) is 0 Å². The molecule has 0 aromatic heterocycles. The quantitative estimate of drug-likeness (QED) is 0.733. The van der Waals surface area contributed by atoms with E-state index in [1.807, 2.05) is 24.3 Å². The van der Waals surface area contributed by atoms with Gasteiger partial charge in [0.05, 0.1) is 6.10 Å². The van der Waals surface area contributed by atoms with E-state index in [4.69, 9.17) is 0 Å². The number of hydrogen-bond donors (Lipinski definition) is 1. The molecule has 0 amide bonds. The normalized spacial score (nSPS) is 12.5. The van der Waals surface area contributed by atoms with Crippen molar-refractivity contribution in [3.05, 3.63) is 83.4 Å². The number of rotatable bonds is 4. The van der Waals surface area contributed by atoms with Gasteiger partial charge >= 0.3 is 0 Å². The topological polar surface area (TPSA) is 20.2 Å². The van der Waals surface area contributed by atoms with Crippen LogP contribution in [0.25, 0.3) is 10.8 Å². The molecule has 1 atom stereocenters. The number of hydrogen-bond acceptors (Lipinski definition) is 1. The van der Waals surface area contributed by atoms with Gasteiger partial charge < -0.3 is 5.11 Å². The highest BCUT2D eigenvalue weighted by molar-refractivity contribution is 5.83. The van der Waals surface area contributed by atoms with Gasteiger partial charge in [-0.05, 0) is 33.9 Å². The Hall–Kier alpha value is -2.12. The van der Waals surface area contributed by atoms with Crippen molar-refractivity contribution in [2.24, 2.45) is 0 Å². The lowest BCUT2D eigenvalue weighted by Crippen LogP contribution is -2.02. The van der Waals surface area contributed by atoms with Gasteiger partial charge in [0.2, 0.25) is 0 Å². The summed E-state index contributed by atoms with van der Waals surface area (Å²) in [5.41, 5.74) is 3.46. The number of benzene rings is 3. The Bertz CT molecular complexity index is 728. The number of aryl methyl sites for hydroxylation is 1. The first-order chi connectivity index (χ1) is 10.3. The molecule has 106 valence electrons. The minimum absolute atomic E-state index is 0.447. The molecule has 0 spiro atoms. The first kappa shape index (κ1) is 13.8. The second-order valence-corrected chi connectivity index (χ2v) is 5.50. The minimum Gasteiger partial charge on any atom is -0.388 e. The summed E-state index contributed by atoms with van der Waals surface area (Å²) in [5.74, 6) is 0. The Balaban J connectivity index is 1.79. The molecule has 0 bridgehead atoms. The van der Waals surface area contributed by atoms with E-state index in [0.717, 1.165) is 12.0 Å². The zero-order valence-corrected chi connectivity index (χ0v) is 12.3. The average molecular weight is 276 g/mol. The third-order valence-corrected chi connectivity index (χ3v) is 4.02. The fourth-order valence-corrected chi connectivity index (χ4v) is 2.68. The van der Waals surface area contributed by atoms with E-state index in [0.29, 0.717) is 6.42 Å². The number of aliphatic hydroxyl groups excluding tert-OH is 1. The summed E-state index contributed by atoms with van der Waals surface area (Å²) in [4.78, 5) is 0. The van der Waals surface area contributed by atoms with Gasteiger partial charge in [-0.2, -0.15) is 0 Å². The highest BCUT2D eigenvalue weighted by atomic mass is 16.3. The maximum atomic E-state index is 10.4. The zero-order valence-electron chi connectivity index (χ0n) is 12.3. The maximum Gasteiger partial charge on any atom is 0.0830 e. The zero-order chi connectivity index (χ0) is 14.7. The van der Waals surface area contributed by atoms with Gasteiger partial charge in [0.25, 0.3) is 0 Å². The summed E-state index contributed by atoms with van der Waals surface area (Å²) in [6.07, 6.45) is 1.23. The van der Waals surface area contributed by atoms with E-state index in [-0.39, 0.29) is 0 Å². The molecule has 0 saturated heterocycles. The van der Waals surface area contributed by atoms with Crippen LogP contribution in [-0.2, 0) is 12.8 Å². The summed E-state index contributed by atoms with van der Waals surface area (Å²) in [5, 5.41) is 12.9. The summed E-state index contributed by atoms with van der Waals surface area (Å²) < 4.78 is 0. The maximum absolute atomic E-state index is 10.4. The molecule has 1 unspecified atom stereocenters. The van der Waals surface area contributed by atoms with Crippen LogP contribution in [-0.4, -0.2) is 5.11 Å². The highest BCUT2D eigenvalue weighted by Gasteiger charge is 2.09. The van der Waals surface area contributed by atoms with E-state index >= 15 is 0 Å². The van der Waals surface area contributed by atoms with Gasteiger partial charge in [0, 0.05) is 6.42 Å². The van der Waals surface area contributed by atoms with Crippen molar-refractivity contribution >= 4 is 10.8 Å². The van der Waals surface area contributed by atoms with Crippen LogP contribution < -0.4 is 0 Å². The van der Waals surface area contributed by atoms with Crippen LogP contribution in [0.15, 0.2) is 66.7 Å². The molecule has 1 N–H and O–H groups in total. The first-order valence-corrected chi connectivity index (χ1v) is 7.51. The summed E-state index contributed by atoms with van der Waals surface area (Å²) in [6.45, 7) is 2.14. The molecule has 21 heavy (non-hydrogen) atoms. The summed E-state index contributed by atoms with van der Waals surface area (Å²) in [6, 6.07) is 23.0. The monoisotopic (exact) mass is 276 g/mol. The van der Waals surface area contributed by atoms with Crippen molar-refractivity contribution in [2.75, 3.05) is 0 Å². The minimum atomic E-state index is -0.447. The fourth-order valence-electron chi connectivity index (χ4n) is 2.68. The molecule has 0 radical (unpaired) electrons. The lowest BCUT2D eigenvalue weighted by molar-refractivity contribution is 0.178. The van der Waals surface area contributed by atoms with Crippen LogP contribution in [0, 0.1) is 0 Å². The third-order valence-electron chi connectivity index (χ3n) is 4.02. The molecule has 0 fully saturated rings. The van der Waals surface area contributed by atoms with Crippen molar-refractivity contribution in [3.63, 3.8) is 0 Å². The summed E-state index contributed by atoms with van der Waals surface area (Å²) in [7, 11) is 0. The van der Waals surface area contributed by atoms with Crippen LogP contribution in [0.4, 0.5) is 0 Å². The van der Waals surface area contributed by atoms with E-state index in [9.17, 15) is 5.11 Å². The van der Waals surface area contributed by atoms with E-state index in [2.05, 4.69) is 49.4 Å². The molecule has 0 heterocycles. The first-order valence-electron chi connectivity index (χ1n) is 7.51. The van der Waals surface area contributed by atoms with Crippen LogP contribution in [0.3, 0.4) is 0 Å². The fraction of sp³-hybridized carbons (Fsp3) is 0.200. The molecule has 3 rings (SSSR count).